The summed E-state index contributed by atoms with van der Waals surface area (Å²) in [4.78, 5) is 12.6. The zero-order valence-electron chi connectivity index (χ0n) is 48.9. The molecule has 0 atom stereocenters. The second kappa shape index (κ2) is 63.7. The molecule has 0 aliphatic carbocycles. The van der Waals surface area contributed by atoms with E-state index < -0.39 is 0 Å². The molecule has 0 aliphatic rings. The van der Waals surface area contributed by atoms with Gasteiger partial charge in [0.1, 0.15) is 22.7 Å². The minimum Gasteiger partial charge on any atom is -0.338 e. The van der Waals surface area contributed by atoms with Crippen LogP contribution in [0.2, 0.25) is 0 Å². The van der Waals surface area contributed by atoms with Crippen LogP contribution in [0.25, 0.3) is 0 Å². The molecule has 0 bridgehead atoms. The van der Waals surface area contributed by atoms with E-state index in [0.29, 0.717) is 0 Å². The summed E-state index contributed by atoms with van der Waals surface area (Å²) in [6.45, 7) is 54.6. The zero-order valence-corrected chi connectivity index (χ0v) is 48.9. The van der Waals surface area contributed by atoms with E-state index in [1.807, 2.05) is 0 Å². The molecule has 0 aliphatic heterocycles. The Morgan fingerprint density at radius 1 is 0.194 bits per heavy atom. The molecule has 0 spiro atoms. The lowest BCUT2D eigenvalue weighted by atomic mass is 10.3. The van der Waals surface area contributed by atoms with Crippen LogP contribution in [0.15, 0.2) is 121 Å². The van der Waals surface area contributed by atoms with Crippen molar-refractivity contribution >= 4 is 22.7 Å². The zero-order chi connectivity index (χ0) is 52.4. The third-order valence-corrected chi connectivity index (χ3v) is 13.0. The average Bonchev–Trinajstić information content (AvgIpc) is 3.41. The van der Waals surface area contributed by atoms with Gasteiger partial charge in [-0.05, 0) is 159 Å². The van der Waals surface area contributed by atoms with Crippen molar-refractivity contribution in [3.05, 3.63) is 121 Å². The fourth-order valence-corrected chi connectivity index (χ4v) is 6.33. The Bertz CT molecular complexity index is 1230. The predicted octanol–water partition coefficient (Wildman–Crippen LogP) is 5.68. The summed E-state index contributed by atoms with van der Waals surface area (Å²) >= 11 is 0. The normalized spacial score (nSPS) is 9.72. The van der Waals surface area contributed by atoms with Gasteiger partial charge in [0, 0.05) is 0 Å². The van der Waals surface area contributed by atoms with E-state index in [0.717, 1.165) is 0 Å². The molecule has 8 N–H and O–H groups in total. The Morgan fingerprint density at radius 3 is 0.375 bits per heavy atom. The summed E-state index contributed by atoms with van der Waals surface area (Å²) < 4.78 is 0. The molecule has 0 fully saturated rings. The first kappa shape index (κ1) is 85.3. The van der Waals surface area contributed by atoms with Crippen LogP contribution in [0.1, 0.15) is 140 Å². The lowest BCUT2D eigenvalue weighted by Crippen LogP contribution is -3.08. The lowest BCUT2D eigenvalue weighted by Gasteiger charge is -2.13. The van der Waals surface area contributed by atoms with Gasteiger partial charge in [0.05, 0.1) is 133 Å². The largest absolute Gasteiger partial charge is 0.338 e. The van der Waals surface area contributed by atoms with Crippen molar-refractivity contribution in [1.29, 1.82) is 0 Å². The number of quaternary nitrogens is 8. The van der Waals surface area contributed by atoms with Crippen LogP contribution in [-0.4, -0.2) is 133 Å². The van der Waals surface area contributed by atoms with Gasteiger partial charge in [0.15, 0.2) is 0 Å². The number of para-hydroxylation sites is 4. The monoisotopic (exact) mass is 1020 g/mol. The molecule has 424 valence electrons. The summed E-state index contributed by atoms with van der Waals surface area (Å²) in [5.41, 5.74) is 5.60. The van der Waals surface area contributed by atoms with Crippen molar-refractivity contribution in [3.63, 3.8) is 0 Å². The van der Waals surface area contributed by atoms with E-state index in [4.69, 9.17) is 0 Å². The summed E-state index contributed by atoms with van der Waals surface area (Å²) in [6, 6.07) is 42.5. The lowest BCUT2D eigenvalue weighted by molar-refractivity contribution is -0.875. The van der Waals surface area contributed by atoms with Crippen molar-refractivity contribution in [2.75, 3.05) is 133 Å². The maximum atomic E-state index is 2.21. The molecule has 8 nitrogen and oxygen atoms in total. The summed E-state index contributed by atoms with van der Waals surface area (Å²) in [7, 11) is 8.78. The minimum absolute atomic E-state index is 0. The highest BCUT2D eigenvalue weighted by atomic mass is 15.1. The standard InChI is InChI=1S/4C10H15N.4C5H13N.4CH4/c4*1-3-11(4-2)10-8-6-5-7-9-10;4*1-4-6(3)5-2;;;;/h4*5-9H,3-4H2,1-2H3;4*4-5H2,1-3H3;4*1H4/p+8. The quantitative estimate of drug-likeness (QED) is 0.0563. The summed E-state index contributed by atoms with van der Waals surface area (Å²) in [6.07, 6.45) is 0. The molecule has 4 aromatic rings. The van der Waals surface area contributed by atoms with Crippen molar-refractivity contribution in [2.24, 2.45) is 0 Å². The van der Waals surface area contributed by atoms with Crippen LogP contribution >= 0.6 is 0 Å². The maximum Gasteiger partial charge on any atom is 0.131 e. The van der Waals surface area contributed by atoms with Crippen molar-refractivity contribution < 1.29 is 39.2 Å². The predicted molar refractivity (Wildman–Crippen MR) is 331 cm³/mol. The van der Waals surface area contributed by atoms with Gasteiger partial charge in [0.2, 0.25) is 0 Å². The number of rotatable bonds is 20. The first-order valence-electron chi connectivity index (χ1n) is 27.6. The third-order valence-electron chi connectivity index (χ3n) is 13.0. The second-order valence-corrected chi connectivity index (χ2v) is 17.4. The van der Waals surface area contributed by atoms with Crippen molar-refractivity contribution in [2.45, 2.75) is 140 Å². The Kier molecular flexibility index (Phi) is 75.5. The van der Waals surface area contributed by atoms with Crippen LogP contribution in [-0.2, 0) is 0 Å². The number of hydrogen-bond donors (Lipinski definition) is 8. The van der Waals surface area contributed by atoms with Crippen molar-refractivity contribution in [3.8, 4) is 0 Å². The van der Waals surface area contributed by atoms with Gasteiger partial charge in [-0.25, -0.2) is 0 Å². The molecule has 0 radical (unpaired) electrons. The Hall–Kier alpha value is -3.44. The van der Waals surface area contributed by atoms with Gasteiger partial charge in [-0.3, -0.25) is 0 Å². The molecular formula is C64H136N8+8. The first-order chi connectivity index (χ1) is 32.8. The first-order valence-corrected chi connectivity index (χ1v) is 27.6. The van der Waals surface area contributed by atoms with Gasteiger partial charge in [-0.15, -0.1) is 0 Å². The Morgan fingerprint density at radius 2 is 0.306 bits per heavy atom. The van der Waals surface area contributed by atoms with Crippen molar-refractivity contribution in [1.82, 2.24) is 0 Å². The molecule has 0 amide bonds. The molecule has 0 aromatic heterocycles. The minimum atomic E-state index is 0. The number of nitrogens with one attached hydrogen (secondary N) is 8. The summed E-state index contributed by atoms with van der Waals surface area (Å²) in [5, 5.41) is 0. The third kappa shape index (κ3) is 48.8. The maximum absolute atomic E-state index is 2.21. The van der Waals surface area contributed by atoms with Gasteiger partial charge >= 0.3 is 0 Å². The highest BCUT2D eigenvalue weighted by Crippen LogP contribution is 2.00. The van der Waals surface area contributed by atoms with E-state index in [9.17, 15) is 0 Å². The highest BCUT2D eigenvalue weighted by molar-refractivity contribution is 5.29. The fourth-order valence-electron chi connectivity index (χ4n) is 6.33. The number of benzene rings is 4. The molecule has 8 heteroatoms. The van der Waals surface area contributed by atoms with Crippen LogP contribution in [0.5, 0.6) is 0 Å². The van der Waals surface area contributed by atoms with E-state index >= 15 is 0 Å². The molecule has 0 saturated carbocycles. The Labute approximate surface area is 454 Å². The van der Waals surface area contributed by atoms with E-state index in [2.05, 4.69) is 260 Å². The van der Waals surface area contributed by atoms with Crippen LogP contribution in [0.4, 0.5) is 22.7 Å². The summed E-state index contributed by atoms with van der Waals surface area (Å²) in [5.74, 6) is 0. The molecule has 4 aromatic carbocycles. The second-order valence-electron chi connectivity index (χ2n) is 17.4. The van der Waals surface area contributed by atoms with Gasteiger partial charge in [-0.1, -0.05) is 103 Å². The van der Waals surface area contributed by atoms with Gasteiger partial charge < -0.3 is 39.2 Å². The molecule has 0 saturated heterocycles. The highest BCUT2D eigenvalue weighted by Gasteiger charge is 2.06. The molecule has 72 heavy (non-hydrogen) atoms. The van der Waals surface area contributed by atoms with Crippen LogP contribution in [0, 0.1) is 0 Å². The van der Waals surface area contributed by atoms with Crippen LogP contribution < -0.4 is 39.2 Å². The number of hydrogen-bond acceptors (Lipinski definition) is 0. The smallest absolute Gasteiger partial charge is 0.131 e. The Balaban J connectivity index is -0.000000109. The molecule has 4 rings (SSSR count). The van der Waals surface area contributed by atoms with E-state index in [1.165, 1.54) is 127 Å². The van der Waals surface area contributed by atoms with Gasteiger partial charge in [0.25, 0.3) is 0 Å². The van der Waals surface area contributed by atoms with Gasteiger partial charge in [-0.2, -0.15) is 0 Å². The topological polar surface area (TPSA) is 35.5 Å². The van der Waals surface area contributed by atoms with E-state index in [1.54, 1.807) is 39.2 Å². The SMILES string of the molecule is C.C.C.C.CC[NH+](C)CC.CC[NH+](C)CC.CC[NH+](C)CC.CC[NH+](C)CC.CC[NH+](CC)c1ccccc1.CC[NH+](CC)c1ccccc1.CC[NH+](CC)c1ccccc1.CC[NH+](CC)c1ccccc1. The van der Waals surface area contributed by atoms with Crippen LogP contribution in [0.3, 0.4) is 0 Å². The molecular weight excluding hydrogens is 881 g/mol. The molecule has 0 heterocycles. The van der Waals surface area contributed by atoms with E-state index in [-0.39, 0.29) is 29.7 Å². The molecule has 0 unspecified atom stereocenters. The average molecular weight is 1020 g/mol. The fraction of sp³-hybridized carbons (Fsp3) is 0.625.